The van der Waals surface area contributed by atoms with Gasteiger partial charge in [0.05, 0.1) is 0 Å². The maximum atomic E-state index is 12.2. The molecule has 2 unspecified atom stereocenters. The predicted octanol–water partition coefficient (Wildman–Crippen LogP) is 2.63. The van der Waals surface area contributed by atoms with Gasteiger partial charge in [0, 0.05) is 19.1 Å². The normalized spacial score (nSPS) is 19.7. The minimum atomic E-state index is -0.457. The van der Waals surface area contributed by atoms with Crippen LogP contribution in [0.15, 0.2) is 24.3 Å². The molecule has 1 aromatic carbocycles. The maximum absolute atomic E-state index is 12.2. The van der Waals surface area contributed by atoms with Gasteiger partial charge in [0.1, 0.15) is 5.60 Å². The third-order valence-corrected chi connectivity index (χ3v) is 4.36. The number of hydrazine groups is 1. The lowest BCUT2D eigenvalue weighted by Gasteiger charge is -2.26. The van der Waals surface area contributed by atoms with Gasteiger partial charge in [0.15, 0.2) is 0 Å². The summed E-state index contributed by atoms with van der Waals surface area (Å²) in [4.78, 5) is 14.0. The Morgan fingerprint density at radius 2 is 2.13 bits per heavy atom. The average Bonchev–Trinajstić information content (AvgIpc) is 2.94. The minimum absolute atomic E-state index is 0.156. The number of ether oxygens (including phenoxy) is 1. The van der Waals surface area contributed by atoms with Crippen LogP contribution in [-0.2, 0) is 11.2 Å². The molecule has 0 spiro atoms. The topological polar surface area (TPSA) is 67.6 Å². The average molecular weight is 319 g/mol. The molecule has 1 fully saturated rings. The monoisotopic (exact) mass is 319 g/mol. The van der Waals surface area contributed by atoms with Gasteiger partial charge in [-0.05, 0) is 57.6 Å². The first-order chi connectivity index (χ1) is 10.8. The first-order valence-electron chi connectivity index (χ1n) is 8.28. The van der Waals surface area contributed by atoms with E-state index in [9.17, 15) is 4.79 Å². The van der Waals surface area contributed by atoms with Crippen molar-refractivity contribution in [3.8, 4) is 0 Å². The standard InChI is InChI=1S/C18H29N3O2/c1-13-7-5-6-8-14(13)11-16(20-19)15-9-10-21(12-15)17(22)23-18(2,3)4/h5-8,15-16,20H,9-12,19H2,1-4H3. The van der Waals surface area contributed by atoms with Gasteiger partial charge in [0.25, 0.3) is 0 Å². The summed E-state index contributed by atoms with van der Waals surface area (Å²) in [6.07, 6.45) is 1.59. The van der Waals surface area contributed by atoms with Crippen LogP contribution in [0.2, 0.25) is 0 Å². The van der Waals surface area contributed by atoms with Crippen LogP contribution < -0.4 is 11.3 Å². The Bertz CT molecular complexity index is 539. The van der Waals surface area contributed by atoms with Gasteiger partial charge in [-0.2, -0.15) is 0 Å². The molecule has 0 radical (unpaired) electrons. The van der Waals surface area contributed by atoms with E-state index in [1.165, 1.54) is 11.1 Å². The molecule has 2 atom stereocenters. The van der Waals surface area contributed by atoms with Crippen LogP contribution in [0.3, 0.4) is 0 Å². The highest BCUT2D eigenvalue weighted by Crippen LogP contribution is 2.24. The SMILES string of the molecule is Cc1ccccc1CC(NN)C1CCN(C(=O)OC(C)(C)C)C1. The van der Waals surface area contributed by atoms with Crippen LogP contribution in [0.4, 0.5) is 4.79 Å². The van der Waals surface area contributed by atoms with E-state index in [4.69, 9.17) is 10.6 Å². The Hall–Kier alpha value is -1.59. The van der Waals surface area contributed by atoms with Crippen LogP contribution in [-0.4, -0.2) is 35.7 Å². The molecule has 2 rings (SSSR count). The van der Waals surface area contributed by atoms with Crippen molar-refractivity contribution >= 4 is 6.09 Å². The van der Waals surface area contributed by atoms with Crippen molar-refractivity contribution in [3.63, 3.8) is 0 Å². The summed E-state index contributed by atoms with van der Waals surface area (Å²) in [7, 11) is 0. The lowest BCUT2D eigenvalue weighted by molar-refractivity contribution is 0.0285. The fraction of sp³-hybridized carbons (Fsp3) is 0.611. The third-order valence-electron chi connectivity index (χ3n) is 4.36. The van der Waals surface area contributed by atoms with Gasteiger partial charge in [-0.1, -0.05) is 24.3 Å². The van der Waals surface area contributed by atoms with Crippen molar-refractivity contribution in [1.82, 2.24) is 10.3 Å². The van der Waals surface area contributed by atoms with E-state index in [0.29, 0.717) is 12.5 Å². The van der Waals surface area contributed by atoms with E-state index in [1.54, 1.807) is 4.90 Å². The molecule has 1 saturated heterocycles. The molecule has 1 aliphatic rings. The van der Waals surface area contributed by atoms with E-state index in [1.807, 2.05) is 26.8 Å². The fourth-order valence-corrected chi connectivity index (χ4v) is 3.05. The van der Waals surface area contributed by atoms with Crippen molar-refractivity contribution in [1.29, 1.82) is 0 Å². The second-order valence-electron chi connectivity index (χ2n) is 7.38. The van der Waals surface area contributed by atoms with Crippen molar-refractivity contribution in [2.75, 3.05) is 13.1 Å². The molecule has 5 nitrogen and oxygen atoms in total. The number of carbonyl (C=O) groups is 1. The van der Waals surface area contributed by atoms with Crippen LogP contribution in [0, 0.1) is 12.8 Å². The van der Waals surface area contributed by atoms with Crippen LogP contribution >= 0.6 is 0 Å². The van der Waals surface area contributed by atoms with Gasteiger partial charge in [-0.25, -0.2) is 4.79 Å². The molecular formula is C18H29N3O2. The largest absolute Gasteiger partial charge is 0.444 e. The predicted molar refractivity (Wildman–Crippen MR) is 91.9 cm³/mol. The summed E-state index contributed by atoms with van der Waals surface area (Å²) >= 11 is 0. The molecule has 1 aliphatic heterocycles. The number of carbonyl (C=O) groups excluding carboxylic acids is 1. The second-order valence-corrected chi connectivity index (χ2v) is 7.38. The molecule has 5 heteroatoms. The number of nitrogens with one attached hydrogen (secondary N) is 1. The van der Waals surface area contributed by atoms with Gasteiger partial charge in [0.2, 0.25) is 0 Å². The zero-order valence-electron chi connectivity index (χ0n) is 14.6. The van der Waals surface area contributed by atoms with Crippen molar-refractivity contribution in [2.24, 2.45) is 11.8 Å². The first-order valence-corrected chi connectivity index (χ1v) is 8.28. The van der Waals surface area contributed by atoms with E-state index in [2.05, 4.69) is 30.5 Å². The Morgan fingerprint density at radius 1 is 1.43 bits per heavy atom. The number of rotatable bonds is 4. The summed E-state index contributed by atoms with van der Waals surface area (Å²) in [5.74, 6) is 6.13. The molecule has 0 aromatic heterocycles. The highest BCUT2D eigenvalue weighted by molar-refractivity contribution is 5.68. The number of aryl methyl sites for hydroxylation is 1. The Balaban J connectivity index is 1.96. The number of amides is 1. The molecule has 23 heavy (non-hydrogen) atoms. The van der Waals surface area contributed by atoms with Crippen molar-refractivity contribution < 1.29 is 9.53 Å². The second kappa shape index (κ2) is 7.32. The van der Waals surface area contributed by atoms with Crippen LogP contribution in [0.1, 0.15) is 38.3 Å². The van der Waals surface area contributed by atoms with E-state index < -0.39 is 5.60 Å². The van der Waals surface area contributed by atoms with Crippen molar-refractivity contribution in [3.05, 3.63) is 35.4 Å². The van der Waals surface area contributed by atoms with Crippen LogP contribution in [0.25, 0.3) is 0 Å². The van der Waals surface area contributed by atoms with Gasteiger partial charge < -0.3 is 9.64 Å². The zero-order valence-corrected chi connectivity index (χ0v) is 14.6. The number of hydrogen-bond donors (Lipinski definition) is 2. The Morgan fingerprint density at radius 3 is 2.74 bits per heavy atom. The summed E-state index contributed by atoms with van der Waals surface area (Å²) in [6.45, 7) is 9.20. The first kappa shape index (κ1) is 17.8. The van der Waals surface area contributed by atoms with Gasteiger partial charge in [-0.3, -0.25) is 11.3 Å². The quantitative estimate of drug-likeness (QED) is 0.661. The number of benzene rings is 1. The Labute approximate surface area is 139 Å². The molecular weight excluding hydrogens is 290 g/mol. The molecule has 128 valence electrons. The molecule has 0 aliphatic carbocycles. The molecule has 3 N–H and O–H groups in total. The number of nitrogens with zero attached hydrogens (tertiary/aromatic N) is 1. The number of likely N-dealkylation sites (tertiary alicyclic amines) is 1. The lowest BCUT2D eigenvalue weighted by atomic mass is 9.91. The highest BCUT2D eigenvalue weighted by atomic mass is 16.6. The van der Waals surface area contributed by atoms with E-state index in [-0.39, 0.29) is 12.1 Å². The summed E-state index contributed by atoms with van der Waals surface area (Å²) in [5.41, 5.74) is 5.06. The summed E-state index contributed by atoms with van der Waals surface area (Å²) < 4.78 is 5.46. The minimum Gasteiger partial charge on any atom is -0.444 e. The van der Waals surface area contributed by atoms with E-state index in [0.717, 1.165) is 19.4 Å². The molecule has 0 saturated carbocycles. The zero-order chi connectivity index (χ0) is 17.0. The fourth-order valence-electron chi connectivity index (χ4n) is 3.05. The summed E-state index contributed by atoms with van der Waals surface area (Å²) in [5, 5.41) is 0. The summed E-state index contributed by atoms with van der Waals surface area (Å²) in [6, 6.07) is 8.51. The van der Waals surface area contributed by atoms with E-state index >= 15 is 0 Å². The molecule has 1 heterocycles. The number of nitrogens with two attached hydrogens (primary N) is 1. The lowest BCUT2D eigenvalue weighted by Crippen LogP contribution is -2.44. The van der Waals surface area contributed by atoms with Gasteiger partial charge >= 0.3 is 6.09 Å². The van der Waals surface area contributed by atoms with Gasteiger partial charge in [-0.15, -0.1) is 0 Å². The smallest absolute Gasteiger partial charge is 0.410 e. The third kappa shape index (κ3) is 4.94. The molecule has 0 bridgehead atoms. The Kier molecular flexibility index (Phi) is 5.65. The molecule has 1 aromatic rings. The van der Waals surface area contributed by atoms with Crippen LogP contribution in [0.5, 0.6) is 0 Å². The highest BCUT2D eigenvalue weighted by Gasteiger charge is 2.33. The maximum Gasteiger partial charge on any atom is 0.410 e. The molecule has 1 amide bonds. The van der Waals surface area contributed by atoms with Crippen molar-refractivity contribution in [2.45, 2.75) is 52.2 Å². The number of hydrogen-bond acceptors (Lipinski definition) is 4.